The standard InChI is InChI=1S/C12H17ClS/c1-10(2)12(3,13)9-14-11-7-5-4-6-8-11/h4-8,10H,9H2,1-3H3. The summed E-state index contributed by atoms with van der Waals surface area (Å²) < 4.78 is 0. The van der Waals surface area contributed by atoms with Gasteiger partial charge in [0.1, 0.15) is 0 Å². The maximum absolute atomic E-state index is 6.40. The van der Waals surface area contributed by atoms with Gasteiger partial charge in [0.15, 0.2) is 0 Å². The van der Waals surface area contributed by atoms with E-state index in [1.807, 2.05) is 17.8 Å². The Morgan fingerprint density at radius 1 is 1.29 bits per heavy atom. The molecule has 0 spiro atoms. The average Bonchev–Trinajstić information content (AvgIpc) is 2.16. The van der Waals surface area contributed by atoms with Crippen LogP contribution in [0.4, 0.5) is 0 Å². The van der Waals surface area contributed by atoms with Gasteiger partial charge in [-0.15, -0.1) is 23.4 Å². The topological polar surface area (TPSA) is 0 Å². The van der Waals surface area contributed by atoms with E-state index in [1.54, 1.807) is 0 Å². The van der Waals surface area contributed by atoms with Crippen molar-refractivity contribution in [3.63, 3.8) is 0 Å². The molecule has 0 saturated carbocycles. The van der Waals surface area contributed by atoms with Gasteiger partial charge in [-0.3, -0.25) is 0 Å². The van der Waals surface area contributed by atoms with Crippen molar-refractivity contribution in [1.82, 2.24) is 0 Å². The highest BCUT2D eigenvalue weighted by molar-refractivity contribution is 7.99. The van der Waals surface area contributed by atoms with Crippen LogP contribution in [0.5, 0.6) is 0 Å². The van der Waals surface area contributed by atoms with Crippen molar-refractivity contribution in [2.24, 2.45) is 5.92 Å². The van der Waals surface area contributed by atoms with E-state index >= 15 is 0 Å². The lowest BCUT2D eigenvalue weighted by atomic mass is 9.99. The van der Waals surface area contributed by atoms with Crippen LogP contribution < -0.4 is 0 Å². The highest BCUT2D eigenvalue weighted by Crippen LogP contribution is 2.31. The van der Waals surface area contributed by atoms with Gasteiger partial charge in [-0.05, 0) is 25.0 Å². The van der Waals surface area contributed by atoms with Gasteiger partial charge >= 0.3 is 0 Å². The second-order valence-corrected chi connectivity index (χ2v) is 5.95. The van der Waals surface area contributed by atoms with Crippen LogP contribution in [0.2, 0.25) is 0 Å². The zero-order valence-corrected chi connectivity index (χ0v) is 10.5. The van der Waals surface area contributed by atoms with Crippen LogP contribution in [0.25, 0.3) is 0 Å². The van der Waals surface area contributed by atoms with Crippen molar-refractivity contribution in [3.8, 4) is 0 Å². The molecule has 2 heteroatoms. The SMILES string of the molecule is CC(C)C(C)(Cl)CSc1ccccc1. The second-order valence-electron chi connectivity index (χ2n) is 4.03. The first-order valence-electron chi connectivity index (χ1n) is 4.89. The molecule has 0 fully saturated rings. The molecule has 0 amide bonds. The minimum Gasteiger partial charge on any atom is -0.124 e. The summed E-state index contributed by atoms with van der Waals surface area (Å²) in [7, 11) is 0. The first kappa shape index (κ1) is 11.9. The Hall–Kier alpha value is -0.140. The van der Waals surface area contributed by atoms with Gasteiger partial charge in [-0.25, -0.2) is 0 Å². The fourth-order valence-corrected chi connectivity index (χ4v) is 2.20. The van der Waals surface area contributed by atoms with Gasteiger partial charge in [0.2, 0.25) is 0 Å². The summed E-state index contributed by atoms with van der Waals surface area (Å²) in [5.41, 5.74) is 0. The summed E-state index contributed by atoms with van der Waals surface area (Å²) in [5.74, 6) is 1.45. The molecule has 0 aliphatic heterocycles. The van der Waals surface area contributed by atoms with Gasteiger partial charge in [0.25, 0.3) is 0 Å². The minimum atomic E-state index is -0.111. The smallest absolute Gasteiger partial charge is 0.0535 e. The van der Waals surface area contributed by atoms with E-state index in [4.69, 9.17) is 11.6 Å². The summed E-state index contributed by atoms with van der Waals surface area (Å²) in [6.07, 6.45) is 0. The van der Waals surface area contributed by atoms with Crippen LogP contribution in [0.1, 0.15) is 20.8 Å². The van der Waals surface area contributed by atoms with Crippen LogP contribution in [0.15, 0.2) is 35.2 Å². The predicted molar refractivity (Wildman–Crippen MR) is 66.3 cm³/mol. The molecule has 1 atom stereocenters. The Kier molecular flexibility index (Phi) is 4.33. The molecule has 0 aliphatic carbocycles. The Balaban J connectivity index is 2.49. The van der Waals surface area contributed by atoms with Gasteiger partial charge in [0.05, 0.1) is 4.87 Å². The fraction of sp³-hybridized carbons (Fsp3) is 0.500. The molecule has 1 unspecified atom stereocenters. The van der Waals surface area contributed by atoms with Crippen LogP contribution in [-0.2, 0) is 0 Å². The molecule has 0 radical (unpaired) electrons. The molecule has 0 nitrogen and oxygen atoms in total. The maximum Gasteiger partial charge on any atom is 0.0535 e. The van der Waals surface area contributed by atoms with Crippen molar-refractivity contribution in [2.45, 2.75) is 30.5 Å². The summed E-state index contributed by atoms with van der Waals surface area (Å²) in [6.45, 7) is 6.44. The lowest BCUT2D eigenvalue weighted by Crippen LogP contribution is -2.26. The normalized spacial score (nSPS) is 15.5. The largest absolute Gasteiger partial charge is 0.124 e. The highest BCUT2D eigenvalue weighted by atomic mass is 35.5. The Morgan fingerprint density at radius 3 is 2.36 bits per heavy atom. The highest BCUT2D eigenvalue weighted by Gasteiger charge is 2.25. The third kappa shape index (κ3) is 3.55. The molecule has 1 rings (SSSR count). The predicted octanol–water partition coefficient (Wildman–Crippen LogP) is 4.43. The van der Waals surface area contributed by atoms with E-state index in [2.05, 4.69) is 45.0 Å². The van der Waals surface area contributed by atoms with Crippen LogP contribution >= 0.6 is 23.4 Å². The molecular weight excluding hydrogens is 212 g/mol. The first-order chi connectivity index (χ1) is 6.52. The lowest BCUT2D eigenvalue weighted by Gasteiger charge is -2.25. The number of hydrogen-bond acceptors (Lipinski definition) is 1. The molecule has 1 aromatic carbocycles. The van der Waals surface area contributed by atoms with Crippen molar-refractivity contribution in [3.05, 3.63) is 30.3 Å². The summed E-state index contributed by atoms with van der Waals surface area (Å²) in [5, 5.41) is 0. The molecule has 0 aliphatic rings. The van der Waals surface area contributed by atoms with E-state index in [0.717, 1.165) is 5.75 Å². The number of rotatable bonds is 4. The monoisotopic (exact) mass is 228 g/mol. The third-order valence-electron chi connectivity index (χ3n) is 2.47. The summed E-state index contributed by atoms with van der Waals surface area (Å²) in [6, 6.07) is 10.4. The van der Waals surface area contributed by atoms with E-state index in [0.29, 0.717) is 5.92 Å². The molecule has 0 saturated heterocycles. The molecular formula is C12H17ClS. The average molecular weight is 229 g/mol. The van der Waals surface area contributed by atoms with Gasteiger partial charge in [-0.2, -0.15) is 0 Å². The van der Waals surface area contributed by atoms with Crippen molar-refractivity contribution >= 4 is 23.4 Å². The summed E-state index contributed by atoms with van der Waals surface area (Å²) in [4.78, 5) is 1.18. The van der Waals surface area contributed by atoms with E-state index in [9.17, 15) is 0 Å². The molecule has 78 valence electrons. The Labute approximate surface area is 96.0 Å². The number of hydrogen-bond donors (Lipinski definition) is 0. The fourth-order valence-electron chi connectivity index (χ4n) is 0.908. The van der Waals surface area contributed by atoms with Crippen molar-refractivity contribution < 1.29 is 0 Å². The van der Waals surface area contributed by atoms with Crippen molar-refractivity contribution in [1.29, 1.82) is 0 Å². The Morgan fingerprint density at radius 2 is 1.86 bits per heavy atom. The maximum atomic E-state index is 6.40. The zero-order chi connectivity index (χ0) is 10.6. The van der Waals surface area contributed by atoms with E-state index < -0.39 is 0 Å². The first-order valence-corrected chi connectivity index (χ1v) is 6.25. The van der Waals surface area contributed by atoms with E-state index in [1.165, 1.54) is 4.90 Å². The van der Waals surface area contributed by atoms with Gasteiger partial charge in [0, 0.05) is 10.6 Å². The molecule has 0 bridgehead atoms. The minimum absolute atomic E-state index is 0.111. The van der Waals surface area contributed by atoms with Gasteiger partial charge in [-0.1, -0.05) is 32.0 Å². The van der Waals surface area contributed by atoms with Crippen LogP contribution in [0.3, 0.4) is 0 Å². The van der Waals surface area contributed by atoms with Crippen LogP contribution in [0, 0.1) is 5.92 Å². The molecule has 0 N–H and O–H groups in total. The lowest BCUT2D eigenvalue weighted by molar-refractivity contribution is 0.501. The van der Waals surface area contributed by atoms with Crippen molar-refractivity contribution in [2.75, 3.05) is 5.75 Å². The van der Waals surface area contributed by atoms with Crippen LogP contribution in [-0.4, -0.2) is 10.6 Å². The Bertz CT molecular complexity index is 267. The quantitative estimate of drug-likeness (QED) is 0.543. The third-order valence-corrected chi connectivity index (χ3v) is 4.55. The number of thioether (sulfide) groups is 1. The molecule has 14 heavy (non-hydrogen) atoms. The summed E-state index contributed by atoms with van der Waals surface area (Å²) >= 11 is 8.22. The second kappa shape index (κ2) is 5.09. The molecule has 0 aromatic heterocycles. The van der Waals surface area contributed by atoms with E-state index in [-0.39, 0.29) is 4.87 Å². The number of halogens is 1. The van der Waals surface area contributed by atoms with Gasteiger partial charge < -0.3 is 0 Å². The number of benzene rings is 1. The number of alkyl halides is 1. The molecule has 0 heterocycles. The molecule has 1 aromatic rings. The zero-order valence-electron chi connectivity index (χ0n) is 8.96.